The number of nitrogens with zero attached hydrogens (tertiary/aromatic N) is 1. The molecule has 0 saturated carbocycles. The molecule has 1 aliphatic rings. The highest BCUT2D eigenvalue weighted by atomic mass is 14.7. The zero-order valence-corrected chi connectivity index (χ0v) is 26.7. The van der Waals surface area contributed by atoms with E-state index in [2.05, 4.69) is 194 Å². The van der Waals surface area contributed by atoms with Gasteiger partial charge in [-0.25, -0.2) is 0 Å². The van der Waals surface area contributed by atoms with Gasteiger partial charge in [-0.3, -0.25) is 4.98 Å². The third-order valence-electron chi connectivity index (χ3n) is 9.17. The van der Waals surface area contributed by atoms with Gasteiger partial charge >= 0.3 is 0 Å². The number of hydrogen-bond acceptors (Lipinski definition) is 1. The van der Waals surface area contributed by atoms with Crippen LogP contribution in [0.25, 0.3) is 66.9 Å². The van der Waals surface area contributed by atoms with Gasteiger partial charge < -0.3 is 0 Å². The van der Waals surface area contributed by atoms with E-state index in [1.54, 1.807) is 0 Å². The molecule has 0 N–H and O–H groups in total. The second-order valence-corrected chi connectivity index (χ2v) is 12.4. The lowest BCUT2D eigenvalue weighted by Crippen LogP contribution is -2.01. The summed E-state index contributed by atoms with van der Waals surface area (Å²) in [6.07, 6.45) is 9.71. The highest BCUT2D eigenvalue weighted by Crippen LogP contribution is 2.35. The van der Waals surface area contributed by atoms with Crippen LogP contribution in [-0.4, -0.2) is 4.98 Å². The van der Waals surface area contributed by atoms with Crippen LogP contribution in [0.1, 0.15) is 18.0 Å². The molecule has 0 spiro atoms. The van der Waals surface area contributed by atoms with E-state index < -0.39 is 0 Å². The zero-order valence-electron chi connectivity index (χ0n) is 26.7. The van der Waals surface area contributed by atoms with E-state index in [-0.39, 0.29) is 5.92 Å². The molecule has 6 aromatic carbocycles. The Bertz CT molecular complexity index is 2260. The highest BCUT2D eigenvalue weighted by Gasteiger charge is 2.15. The van der Waals surface area contributed by atoms with Crippen molar-refractivity contribution in [3.8, 4) is 66.9 Å². The molecule has 1 aliphatic carbocycles. The predicted octanol–water partition coefficient (Wildman–Crippen LogP) is 12.7. The van der Waals surface area contributed by atoms with Crippen LogP contribution in [0.3, 0.4) is 0 Å². The van der Waals surface area contributed by atoms with Crippen LogP contribution in [-0.2, 0) is 0 Å². The van der Waals surface area contributed by atoms with Crippen LogP contribution in [0.15, 0.2) is 194 Å². The first-order valence-corrected chi connectivity index (χ1v) is 16.6. The first kappa shape index (κ1) is 29.4. The van der Waals surface area contributed by atoms with Gasteiger partial charge in [0.2, 0.25) is 0 Å². The molecule has 1 heteroatoms. The lowest BCUT2D eigenvalue weighted by Gasteiger charge is -2.16. The van der Waals surface area contributed by atoms with Crippen molar-refractivity contribution in [1.82, 2.24) is 4.98 Å². The lowest BCUT2D eigenvalue weighted by atomic mass is 9.92. The Kier molecular flexibility index (Phi) is 8.17. The molecule has 0 bridgehead atoms. The van der Waals surface area contributed by atoms with Crippen molar-refractivity contribution in [2.24, 2.45) is 0 Å². The minimum Gasteiger partial charge on any atom is -0.252 e. The van der Waals surface area contributed by atoms with Crippen molar-refractivity contribution >= 4 is 0 Å². The molecule has 8 rings (SSSR count). The van der Waals surface area contributed by atoms with Gasteiger partial charge in [-0.15, -0.1) is 0 Å². The summed E-state index contributed by atoms with van der Waals surface area (Å²) < 4.78 is 0. The SMILES string of the molecule is C1=CCC(c2cc(-c3cccc(-c4cccc(-c5cccc(-c6cccc(-c7ccccc7)c6)c5)c4)c3)cc(-c3ccccc3)n2)C=C1. The summed E-state index contributed by atoms with van der Waals surface area (Å²) in [5, 5.41) is 0. The maximum atomic E-state index is 5.14. The summed E-state index contributed by atoms with van der Waals surface area (Å²) in [6, 6.07) is 61.1. The average molecular weight is 614 g/mol. The van der Waals surface area contributed by atoms with Gasteiger partial charge in [-0.2, -0.15) is 0 Å². The molecule has 1 heterocycles. The number of pyridine rings is 1. The zero-order chi connectivity index (χ0) is 32.1. The van der Waals surface area contributed by atoms with Gasteiger partial charge in [0.25, 0.3) is 0 Å². The Labute approximate surface area is 283 Å². The number of benzene rings is 6. The Morgan fingerprint density at radius 1 is 0.354 bits per heavy atom. The minimum atomic E-state index is 0.272. The normalized spacial score (nSPS) is 13.8. The maximum Gasteiger partial charge on any atom is 0.0711 e. The molecule has 0 aliphatic heterocycles. The van der Waals surface area contributed by atoms with Gasteiger partial charge in [-0.1, -0.05) is 158 Å². The topological polar surface area (TPSA) is 12.9 Å². The van der Waals surface area contributed by atoms with Crippen molar-refractivity contribution in [3.63, 3.8) is 0 Å². The van der Waals surface area contributed by atoms with Gasteiger partial charge in [0.15, 0.2) is 0 Å². The quantitative estimate of drug-likeness (QED) is 0.174. The largest absolute Gasteiger partial charge is 0.252 e. The second-order valence-electron chi connectivity index (χ2n) is 12.4. The van der Waals surface area contributed by atoms with Gasteiger partial charge in [0.05, 0.1) is 5.69 Å². The van der Waals surface area contributed by atoms with E-state index in [0.717, 1.165) is 23.4 Å². The fourth-order valence-electron chi connectivity index (χ4n) is 6.61. The molecule has 0 fully saturated rings. The summed E-state index contributed by atoms with van der Waals surface area (Å²) >= 11 is 0. The molecule has 0 amide bonds. The van der Waals surface area contributed by atoms with Gasteiger partial charge in [0.1, 0.15) is 0 Å². The van der Waals surface area contributed by atoms with E-state index in [1.807, 2.05) is 0 Å². The maximum absolute atomic E-state index is 5.14. The minimum absolute atomic E-state index is 0.272. The molecule has 48 heavy (non-hydrogen) atoms. The summed E-state index contributed by atoms with van der Waals surface area (Å²) in [7, 11) is 0. The third-order valence-corrected chi connectivity index (χ3v) is 9.17. The number of aromatic nitrogens is 1. The van der Waals surface area contributed by atoms with Crippen molar-refractivity contribution in [2.45, 2.75) is 12.3 Å². The molecule has 7 aromatic rings. The standard InChI is InChI=1S/C47H35N/c1-4-14-34(15-5-1)37-20-10-21-38(28-37)39-22-11-23-40(29-39)41-24-12-25-42(30-41)43-26-13-27-44(31-43)45-32-46(35-16-6-2-7-17-35)48-47(33-45)36-18-8-3-9-19-36/h1-18,20-33,36H,19H2. The highest BCUT2D eigenvalue weighted by molar-refractivity contribution is 5.81. The Balaban J connectivity index is 1.13. The molecule has 1 atom stereocenters. The van der Waals surface area contributed by atoms with E-state index >= 15 is 0 Å². The van der Waals surface area contributed by atoms with E-state index in [4.69, 9.17) is 4.98 Å². The van der Waals surface area contributed by atoms with Crippen molar-refractivity contribution < 1.29 is 0 Å². The first-order valence-electron chi connectivity index (χ1n) is 16.6. The monoisotopic (exact) mass is 613 g/mol. The van der Waals surface area contributed by atoms with E-state index in [9.17, 15) is 0 Å². The second kappa shape index (κ2) is 13.4. The summed E-state index contributed by atoms with van der Waals surface area (Å²) in [4.78, 5) is 5.14. The summed E-state index contributed by atoms with van der Waals surface area (Å²) in [5.74, 6) is 0.272. The first-order chi connectivity index (χ1) is 23.8. The fourth-order valence-corrected chi connectivity index (χ4v) is 6.61. The molecule has 0 saturated heterocycles. The number of hydrogen-bond donors (Lipinski definition) is 0. The Morgan fingerprint density at radius 2 is 0.771 bits per heavy atom. The molecule has 1 aromatic heterocycles. The van der Waals surface area contributed by atoms with Crippen LogP contribution in [0, 0.1) is 0 Å². The van der Waals surface area contributed by atoms with Crippen molar-refractivity contribution in [3.05, 3.63) is 200 Å². The lowest BCUT2D eigenvalue weighted by molar-refractivity contribution is 0.818. The summed E-state index contributed by atoms with van der Waals surface area (Å²) in [6.45, 7) is 0. The predicted molar refractivity (Wildman–Crippen MR) is 202 cm³/mol. The van der Waals surface area contributed by atoms with Crippen LogP contribution in [0.2, 0.25) is 0 Å². The van der Waals surface area contributed by atoms with Crippen LogP contribution in [0.5, 0.6) is 0 Å². The molecular weight excluding hydrogens is 579 g/mol. The number of allylic oxidation sites excluding steroid dienone is 4. The van der Waals surface area contributed by atoms with Crippen LogP contribution in [0.4, 0.5) is 0 Å². The molecular formula is C47H35N. The van der Waals surface area contributed by atoms with Crippen LogP contribution >= 0.6 is 0 Å². The Morgan fingerprint density at radius 3 is 1.23 bits per heavy atom. The van der Waals surface area contributed by atoms with Gasteiger partial charge in [0, 0.05) is 17.2 Å². The molecule has 1 nitrogen and oxygen atoms in total. The van der Waals surface area contributed by atoms with E-state index in [0.29, 0.717) is 0 Å². The van der Waals surface area contributed by atoms with Crippen LogP contribution < -0.4 is 0 Å². The van der Waals surface area contributed by atoms with Crippen molar-refractivity contribution in [2.75, 3.05) is 0 Å². The number of rotatable bonds is 7. The Hall–Kier alpha value is -6.05. The average Bonchev–Trinajstić information content (AvgIpc) is 3.19. The molecule has 0 radical (unpaired) electrons. The van der Waals surface area contributed by atoms with Gasteiger partial charge in [-0.05, 0) is 98.5 Å². The third kappa shape index (κ3) is 6.32. The van der Waals surface area contributed by atoms with Crippen molar-refractivity contribution in [1.29, 1.82) is 0 Å². The molecule has 228 valence electrons. The fraction of sp³-hybridized carbons (Fsp3) is 0.0426. The summed E-state index contributed by atoms with van der Waals surface area (Å²) in [5.41, 5.74) is 15.3. The molecule has 1 unspecified atom stereocenters. The van der Waals surface area contributed by atoms with E-state index in [1.165, 1.54) is 55.6 Å². The smallest absolute Gasteiger partial charge is 0.0711 e.